The quantitative estimate of drug-likeness (QED) is 0.182. The molecule has 0 aliphatic carbocycles. The lowest BCUT2D eigenvalue weighted by molar-refractivity contribution is -0.0907. The van der Waals surface area contributed by atoms with E-state index < -0.39 is 46.5 Å². The largest absolute Gasteiger partial charge is 0.489 e. The fourth-order valence-corrected chi connectivity index (χ4v) is 8.37. The van der Waals surface area contributed by atoms with Gasteiger partial charge < -0.3 is 35.5 Å². The maximum atomic E-state index is 14.3. The SMILES string of the molecule is CC(C)CN(C([C@H]1CO[C@H]2OCC[C@H]21)[C@H](O)[C@H](Cc1ccc(OCc2cccc(C#N)c2)cc1)NC(=O)O)S(=O)(=O)c1ccc(N)cc1. The Kier molecular flexibility index (Phi) is 11.2. The van der Waals surface area contributed by atoms with Crippen molar-refractivity contribution >= 4 is 21.8 Å². The molecule has 48 heavy (non-hydrogen) atoms. The number of fused-ring (bicyclic) bond motifs is 1. The molecule has 0 spiro atoms. The third-order valence-corrected chi connectivity index (χ3v) is 10.7. The van der Waals surface area contributed by atoms with Crippen LogP contribution in [-0.2, 0) is 32.5 Å². The molecule has 0 bridgehead atoms. The smallest absolute Gasteiger partial charge is 0.404 e. The van der Waals surface area contributed by atoms with Gasteiger partial charge in [-0.25, -0.2) is 13.2 Å². The topological polar surface area (TPSA) is 184 Å². The lowest BCUT2D eigenvalue weighted by atomic mass is 9.81. The van der Waals surface area contributed by atoms with Gasteiger partial charge in [-0.15, -0.1) is 0 Å². The molecule has 2 fully saturated rings. The van der Waals surface area contributed by atoms with Crippen molar-refractivity contribution < 1.29 is 37.6 Å². The van der Waals surface area contributed by atoms with E-state index in [9.17, 15) is 23.4 Å². The van der Waals surface area contributed by atoms with Crippen LogP contribution in [0.3, 0.4) is 0 Å². The number of nitriles is 1. The number of benzene rings is 3. The van der Waals surface area contributed by atoms with Crippen molar-refractivity contribution in [3.63, 3.8) is 0 Å². The summed E-state index contributed by atoms with van der Waals surface area (Å²) in [4.78, 5) is 12.1. The van der Waals surface area contributed by atoms with Crippen LogP contribution in [0.5, 0.6) is 5.75 Å². The summed E-state index contributed by atoms with van der Waals surface area (Å²) in [5.41, 5.74) is 8.34. The summed E-state index contributed by atoms with van der Waals surface area (Å²) >= 11 is 0. The fourth-order valence-electron chi connectivity index (χ4n) is 6.53. The Morgan fingerprint density at radius 2 is 1.83 bits per heavy atom. The average molecular weight is 679 g/mol. The number of anilines is 1. The zero-order chi connectivity index (χ0) is 34.4. The summed E-state index contributed by atoms with van der Waals surface area (Å²) in [7, 11) is -4.19. The van der Waals surface area contributed by atoms with Crippen LogP contribution in [0.25, 0.3) is 0 Å². The number of sulfonamides is 1. The normalized spacial score (nSPS) is 21.0. The predicted octanol–water partition coefficient (Wildman–Crippen LogP) is 3.98. The number of hydrogen-bond acceptors (Lipinski definition) is 9. The van der Waals surface area contributed by atoms with Gasteiger partial charge >= 0.3 is 6.09 Å². The molecule has 3 aromatic carbocycles. The third kappa shape index (κ3) is 8.26. The van der Waals surface area contributed by atoms with Crippen LogP contribution in [0.4, 0.5) is 10.5 Å². The van der Waals surface area contributed by atoms with E-state index >= 15 is 0 Å². The van der Waals surface area contributed by atoms with Gasteiger partial charge in [0.15, 0.2) is 6.29 Å². The Balaban J connectivity index is 1.44. The van der Waals surface area contributed by atoms with Crippen LogP contribution >= 0.6 is 0 Å². The molecule has 5 rings (SSSR count). The number of aliphatic hydroxyl groups excluding tert-OH is 1. The molecule has 2 heterocycles. The minimum absolute atomic E-state index is 0.0189. The number of carboxylic acid groups (broad SMARTS) is 1. The van der Waals surface area contributed by atoms with Gasteiger partial charge in [0.05, 0.1) is 47.9 Å². The van der Waals surface area contributed by atoms with E-state index in [1.54, 1.807) is 42.5 Å². The second-order valence-electron chi connectivity index (χ2n) is 12.7. The molecule has 0 saturated carbocycles. The van der Waals surface area contributed by atoms with E-state index in [1.807, 2.05) is 19.9 Å². The number of nitrogens with two attached hydrogens (primary N) is 1. The summed E-state index contributed by atoms with van der Waals surface area (Å²) in [6, 6.07) is 20.0. The molecule has 2 aliphatic rings. The van der Waals surface area contributed by atoms with Crippen molar-refractivity contribution in [3.8, 4) is 11.8 Å². The number of nitrogen functional groups attached to an aromatic ring is 1. The molecular weight excluding hydrogens is 636 g/mol. The molecule has 13 heteroatoms. The van der Waals surface area contributed by atoms with Gasteiger partial charge in [0.25, 0.3) is 0 Å². The second-order valence-corrected chi connectivity index (χ2v) is 14.6. The van der Waals surface area contributed by atoms with Crippen molar-refractivity contribution in [1.82, 2.24) is 9.62 Å². The lowest BCUT2D eigenvalue weighted by Gasteiger charge is -2.42. The highest BCUT2D eigenvalue weighted by Crippen LogP contribution is 2.42. The number of aliphatic hydroxyl groups is 1. The molecule has 3 aromatic rings. The number of nitrogens with zero attached hydrogens (tertiary/aromatic N) is 2. The summed E-state index contributed by atoms with van der Waals surface area (Å²) in [6.07, 6.45) is -2.64. The molecule has 12 nitrogen and oxygen atoms in total. The van der Waals surface area contributed by atoms with E-state index in [2.05, 4.69) is 11.4 Å². The van der Waals surface area contributed by atoms with Crippen molar-refractivity contribution in [2.45, 2.75) is 62.7 Å². The van der Waals surface area contributed by atoms with Gasteiger partial charge in [-0.3, -0.25) is 0 Å². The molecule has 2 aliphatic heterocycles. The van der Waals surface area contributed by atoms with Crippen molar-refractivity contribution in [1.29, 1.82) is 5.26 Å². The molecule has 1 amide bonds. The van der Waals surface area contributed by atoms with Crippen molar-refractivity contribution in [2.75, 3.05) is 25.5 Å². The highest BCUT2D eigenvalue weighted by atomic mass is 32.2. The zero-order valence-corrected chi connectivity index (χ0v) is 27.8. The zero-order valence-electron chi connectivity index (χ0n) is 26.9. The van der Waals surface area contributed by atoms with E-state index in [4.69, 9.17) is 25.2 Å². The fraction of sp³-hybridized carbons (Fsp3) is 0.429. The number of nitrogens with one attached hydrogen (secondary N) is 1. The van der Waals surface area contributed by atoms with Gasteiger partial charge in [-0.1, -0.05) is 38.1 Å². The minimum Gasteiger partial charge on any atom is -0.489 e. The maximum absolute atomic E-state index is 14.3. The minimum atomic E-state index is -4.19. The van der Waals surface area contributed by atoms with E-state index in [0.717, 1.165) is 5.56 Å². The van der Waals surface area contributed by atoms with E-state index in [0.29, 0.717) is 35.6 Å². The summed E-state index contributed by atoms with van der Waals surface area (Å²) in [5.74, 6) is -0.211. The highest BCUT2D eigenvalue weighted by Gasteiger charge is 2.52. The average Bonchev–Trinajstić information content (AvgIpc) is 3.69. The molecule has 256 valence electrons. The van der Waals surface area contributed by atoms with Crippen LogP contribution in [0.2, 0.25) is 0 Å². The summed E-state index contributed by atoms with van der Waals surface area (Å²) in [6.45, 7) is 4.69. The molecular formula is C35H42N4O8S. The van der Waals surface area contributed by atoms with Crippen LogP contribution in [0, 0.1) is 29.1 Å². The van der Waals surface area contributed by atoms with Crippen LogP contribution in [0.15, 0.2) is 77.7 Å². The third-order valence-electron chi connectivity index (χ3n) is 8.80. The molecule has 6 atom stereocenters. The van der Waals surface area contributed by atoms with Crippen LogP contribution in [0.1, 0.15) is 37.0 Å². The number of amides is 1. The Morgan fingerprint density at radius 1 is 1.10 bits per heavy atom. The van der Waals surface area contributed by atoms with E-state index in [-0.39, 0.29) is 42.9 Å². The van der Waals surface area contributed by atoms with Gasteiger partial charge in [0.2, 0.25) is 10.0 Å². The van der Waals surface area contributed by atoms with Gasteiger partial charge in [0, 0.05) is 24.1 Å². The molecule has 5 N–H and O–H groups in total. The first-order valence-corrected chi connectivity index (χ1v) is 17.4. The first kappa shape index (κ1) is 35.1. The summed E-state index contributed by atoms with van der Waals surface area (Å²) < 4.78 is 47.6. The van der Waals surface area contributed by atoms with Gasteiger partial charge in [-0.05, 0) is 78.4 Å². The number of hydrogen-bond donors (Lipinski definition) is 4. The van der Waals surface area contributed by atoms with Gasteiger partial charge in [0.1, 0.15) is 12.4 Å². The molecule has 0 aromatic heterocycles. The predicted molar refractivity (Wildman–Crippen MR) is 177 cm³/mol. The Morgan fingerprint density at radius 3 is 2.50 bits per heavy atom. The Bertz CT molecular complexity index is 1690. The highest BCUT2D eigenvalue weighted by molar-refractivity contribution is 7.89. The van der Waals surface area contributed by atoms with Gasteiger partial charge in [-0.2, -0.15) is 9.57 Å². The second kappa shape index (κ2) is 15.4. The van der Waals surface area contributed by atoms with Crippen molar-refractivity contribution in [3.05, 3.63) is 89.5 Å². The first-order chi connectivity index (χ1) is 23.0. The Labute approximate surface area is 281 Å². The van der Waals surface area contributed by atoms with Crippen LogP contribution < -0.4 is 15.8 Å². The number of ether oxygens (including phenoxy) is 3. The Hall–Kier alpha value is -4.19. The maximum Gasteiger partial charge on any atom is 0.404 e. The monoisotopic (exact) mass is 678 g/mol. The van der Waals surface area contributed by atoms with E-state index in [1.165, 1.54) is 28.6 Å². The molecule has 2 saturated heterocycles. The van der Waals surface area contributed by atoms with Crippen molar-refractivity contribution in [2.24, 2.45) is 17.8 Å². The number of rotatable bonds is 14. The number of carbonyl (C=O) groups is 1. The summed E-state index contributed by atoms with van der Waals surface area (Å²) in [5, 5.41) is 33.7. The lowest BCUT2D eigenvalue weighted by Crippen LogP contribution is -2.60. The molecule has 1 unspecified atom stereocenters. The standard InChI is InChI=1S/C35H42N4O8S/c1-22(2)19-39(48(43,44)28-12-8-26(37)9-13-28)32(30-21-47-34-29(30)14-15-45-34)33(40)31(38-35(41)42)17-23-6-10-27(11-7-23)46-20-25-5-3-4-24(16-25)18-36/h3-13,16,22,29-34,38,40H,14-15,17,19-21,37H2,1-2H3,(H,41,42)/t29-,30-,31-,32?,33+,34+/m0/s1. The first-order valence-electron chi connectivity index (χ1n) is 15.9. The van der Waals surface area contributed by atoms with Crippen LogP contribution in [-0.4, -0.2) is 73.3 Å². The molecule has 0 radical (unpaired) electrons.